The van der Waals surface area contributed by atoms with Gasteiger partial charge in [0.15, 0.2) is 0 Å². The molecule has 2 rings (SSSR count). The van der Waals surface area contributed by atoms with Gasteiger partial charge >= 0.3 is 6.03 Å². The number of aliphatic hydroxyl groups is 1. The number of hydrogen-bond acceptors (Lipinski definition) is 3. The molecule has 1 aliphatic heterocycles. The molecule has 0 saturated carbocycles. The predicted octanol–water partition coefficient (Wildman–Crippen LogP) is 2.01. The zero-order chi connectivity index (χ0) is 13.8. The van der Waals surface area contributed by atoms with Gasteiger partial charge in [-0.05, 0) is 32.4 Å². The summed E-state index contributed by atoms with van der Waals surface area (Å²) in [6.45, 7) is 5.73. The standard InChI is InChI=1S/C14H22N2O2S/c1-10(7-13-4-3-11(2)19-13)15-14(18)16-6-5-12(8-16)9-17/h3-4,10,12,17H,5-9H2,1-2H3,(H,15,18). The lowest BCUT2D eigenvalue weighted by Crippen LogP contribution is -2.43. The first-order valence-electron chi connectivity index (χ1n) is 6.80. The maximum atomic E-state index is 12.0. The van der Waals surface area contributed by atoms with Crippen molar-refractivity contribution >= 4 is 17.4 Å². The van der Waals surface area contributed by atoms with Gasteiger partial charge in [-0.1, -0.05) is 0 Å². The third kappa shape index (κ3) is 3.94. The number of rotatable bonds is 4. The predicted molar refractivity (Wildman–Crippen MR) is 77.5 cm³/mol. The van der Waals surface area contributed by atoms with E-state index in [0.29, 0.717) is 6.54 Å². The summed E-state index contributed by atoms with van der Waals surface area (Å²) in [4.78, 5) is 16.5. The number of nitrogens with zero attached hydrogens (tertiary/aromatic N) is 1. The van der Waals surface area contributed by atoms with Crippen LogP contribution < -0.4 is 5.32 Å². The monoisotopic (exact) mass is 282 g/mol. The Hall–Kier alpha value is -1.07. The van der Waals surface area contributed by atoms with Crippen molar-refractivity contribution in [2.75, 3.05) is 19.7 Å². The first-order valence-corrected chi connectivity index (χ1v) is 7.61. The molecule has 5 heteroatoms. The Morgan fingerprint density at radius 3 is 3.00 bits per heavy atom. The van der Waals surface area contributed by atoms with Crippen LogP contribution in [0.3, 0.4) is 0 Å². The highest BCUT2D eigenvalue weighted by Crippen LogP contribution is 2.18. The number of thiophene rings is 1. The molecule has 1 aromatic rings. The number of likely N-dealkylation sites (tertiary alicyclic amines) is 1. The van der Waals surface area contributed by atoms with Crippen LogP contribution in [0.1, 0.15) is 23.1 Å². The Morgan fingerprint density at radius 2 is 2.42 bits per heavy atom. The van der Waals surface area contributed by atoms with Crippen LogP contribution in [-0.2, 0) is 6.42 Å². The lowest BCUT2D eigenvalue weighted by Gasteiger charge is -2.20. The number of urea groups is 1. The summed E-state index contributed by atoms with van der Waals surface area (Å²) < 4.78 is 0. The second kappa shape index (κ2) is 6.39. The second-order valence-electron chi connectivity index (χ2n) is 5.35. The van der Waals surface area contributed by atoms with Crippen LogP contribution in [0.25, 0.3) is 0 Å². The number of aryl methyl sites for hydroxylation is 1. The molecule has 106 valence electrons. The molecule has 2 atom stereocenters. The molecule has 0 spiro atoms. The molecule has 1 aromatic heterocycles. The SMILES string of the molecule is Cc1ccc(CC(C)NC(=O)N2CCC(CO)C2)s1. The lowest BCUT2D eigenvalue weighted by atomic mass is 10.1. The molecule has 0 radical (unpaired) electrons. The fourth-order valence-electron chi connectivity index (χ4n) is 2.42. The van der Waals surface area contributed by atoms with Crippen LogP contribution in [0, 0.1) is 12.8 Å². The highest BCUT2D eigenvalue weighted by Gasteiger charge is 2.26. The van der Waals surface area contributed by atoms with E-state index >= 15 is 0 Å². The molecular weight excluding hydrogens is 260 g/mol. The van der Waals surface area contributed by atoms with E-state index in [0.717, 1.165) is 19.4 Å². The van der Waals surface area contributed by atoms with E-state index in [1.807, 2.05) is 6.92 Å². The van der Waals surface area contributed by atoms with Gasteiger partial charge in [0.05, 0.1) is 0 Å². The molecule has 1 saturated heterocycles. The highest BCUT2D eigenvalue weighted by molar-refractivity contribution is 7.11. The van der Waals surface area contributed by atoms with Gasteiger partial charge in [0.25, 0.3) is 0 Å². The number of carbonyl (C=O) groups is 1. The summed E-state index contributed by atoms with van der Waals surface area (Å²) in [6, 6.07) is 4.37. The zero-order valence-electron chi connectivity index (χ0n) is 11.6. The van der Waals surface area contributed by atoms with Gasteiger partial charge < -0.3 is 15.3 Å². The minimum Gasteiger partial charge on any atom is -0.396 e. The molecule has 0 aliphatic carbocycles. The molecule has 0 aromatic carbocycles. The molecule has 2 heterocycles. The Bertz CT molecular complexity index is 433. The maximum absolute atomic E-state index is 12.0. The van der Waals surface area contributed by atoms with Crippen LogP contribution in [0.2, 0.25) is 0 Å². The number of aliphatic hydroxyl groups excluding tert-OH is 1. The van der Waals surface area contributed by atoms with Gasteiger partial charge in [0, 0.05) is 47.8 Å². The fraction of sp³-hybridized carbons (Fsp3) is 0.643. The summed E-state index contributed by atoms with van der Waals surface area (Å²) >= 11 is 1.78. The van der Waals surface area contributed by atoms with Gasteiger partial charge in [-0.15, -0.1) is 11.3 Å². The average Bonchev–Trinajstić information content (AvgIpc) is 2.98. The van der Waals surface area contributed by atoms with Crippen molar-refractivity contribution < 1.29 is 9.90 Å². The second-order valence-corrected chi connectivity index (χ2v) is 6.72. The number of amides is 2. The molecular formula is C14H22N2O2S. The van der Waals surface area contributed by atoms with E-state index in [1.54, 1.807) is 16.2 Å². The van der Waals surface area contributed by atoms with E-state index in [2.05, 4.69) is 24.4 Å². The largest absolute Gasteiger partial charge is 0.396 e. The third-order valence-corrected chi connectivity index (χ3v) is 4.53. The Balaban J connectivity index is 1.79. The average molecular weight is 282 g/mol. The molecule has 4 nitrogen and oxygen atoms in total. The van der Waals surface area contributed by atoms with Crippen LogP contribution >= 0.6 is 11.3 Å². The van der Waals surface area contributed by atoms with Crippen LogP contribution in [0.15, 0.2) is 12.1 Å². The van der Waals surface area contributed by atoms with E-state index in [9.17, 15) is 4.79 Å². The van der Waals surface area contributed by atoms with Crippen molar-refractivity contribution in [2.24, 2.45) is 5.92 Å². The van der Waals surface area contributed by atoms with Crippen molar-refractivity contribution in [3.8, 4) is 0 Å². The number of carbonyl (C=O) groups excluding carboxylic acids is 1. The van der Waals surface area contributed by atoms with Crippen LogP contribution in [-0.4, -0.2) is 41.8 Å². The van der Waals surface area contributed by atoms with Crippen molar-refractivity contribution in [1.82, 2.24) is 10.2 Å². The van der Waals surface area contributed by atoms with E-state index in [-0.39, 0.29) is 24.6 Å². The Morgan fingerprint density at radius 1 is 1.63 bits per heavy atom. The fourth-order valence-corrected chi connectivity index (χ4v) is 3.43. The molecule has 0 bridgehead atoms. The van der Waals surface area contributed by atoms with Crippen LogP contribution in [0.5, 0.6) is 0 Å². The summed E-state index contributed by atoms with van der Waals surface area (Å²) in [6.07, 6.45) is 1.78. The minimum atomic E-state index is -0.00303. The number of nitrogens with one attached hydrogen (secondary N) is 1. The van der Waals surface area contributed by atoms with E-state index in [1.165, 1.54) is 9.75 Å². The molecule has 1 aliphatic rings. The smallest absolute Gasteiger partial charge is 0.317 e. The van der Waals surface area contributed by atoms with Gasteiger partial charge in [-0.3, -0.25) is 0 Å². The van der Waals surface area contributed by atoms with Crippen LogP contribution in [0.4, 0.5) is 4.79 Å². The lowest BCUT2D eigenvalue weighted by molar-refractivity contribution is 0.195. The Kier molecular flexibility index (Phi) is 4.82. The van der Waals surface area contributed by atoms with Crippen molar-refractivity contribution in [3.05, 3.63) is 21.9 Å². The summed E-state index contributed by atoms with van der Waals surface area (Å²) in [5.74, 6) is 0.251. The van der Waals surface area contributed by atoms with Gasteiger partial charge in [-0.25, -0.2) is 4.79 Å². The van der Waals surface area contributed by atoms with Gasteiger partial charge in [-0.2, -0.15) is 0 Å². The normalized spacial score (nSPS) is 20.6. The first kappa shape index (κ1) is 14.3. The maximum Gasteiger partial charge on any atom is 0.317 e. The van der Waals surface area contributed by atoms with Gasteiger partial charge in [0.2, 0.25) is 0 Å². The molecule has 1 fully saturated rings. The molecule has 2 unspecified atom stereocenters. The first-order chi connectivity index (χ1) is 9.08. The van der Waals surface area contributed by atoms with E-state index in [4.69, 9.17) is 5.11 Å². The molecule has 2 amide bonds. The quantitative estimate of drug-likeness (QED) is 0.887. The topological polar surface area (TPSA) is 52.6 Å². The minimum absolute atomic E-state index is 0.00303. The van der Waals surface area contributed by atoms with Crippen molar-refractivity contribution in [3.63, 3.8) is 0 Å². The van der Waals surface area contributed by atoms with Crippen molar-refractivity contribution in [1.29, 1.82) is 0 Å². The third-order valence-electron chi connectivity index (χ3n) is 3.50. The molecule has 2 N–H and O–H groups in total. The highest BCUT2D eigenvalue weighted by atomic mass is 32.1. The number of hydrogen-bond donors (Lipinski definition) is 2. The zero-order valence-corrected chi connectivity index (χ0v) is 12.4. The summed E-state index contributed by atoms with van der Waals surface area (Å²) in [5.41, 5.74) is 0. The van der Waals surface area contributed by atoms with E-state index < -0.39 is 0 Å². The Labute approximate surface area is 118 Å². The summed E-state index contributed by atoms with van der Waals surface area (Å²) in [7, 11) is 0. The summed E-state index contributed by atoms with van der Waals surface area (Å²) in [5, 5.41) is 12.1. The van der Waals surface area contributed by atoms with Gasteiger partial charge in [0.1, 0.15) is 0 Å². The van der Waals surface area contributed by atoms with Crippen molar-refractivity contribution in [2.45, 2.75) is 32.7 Å². The molecule has 19 heavy (non-hydrogen) atoms.